The molecule has 0 aliphatic carbocycles. The molecule has 0 radical (unpaired) electrons. The van der Waals surface area contributed by atoms with E-state index in [9.17, 15) is 8.60 Å². The highest BCUT2D eigenvalue weighted by Crippen LogP contribution is 2.23. The summed E-state index contributed by atoms with van der Waals surface area (Å²) in [6.45, 7) is 0.843. The Morgan fingerprint density at radius 1 is 1.28 bits per heavy atom. The van der Waals surface area contributed by atoms with Crippen LogP contribution in [-0.2, 0) is 14.5 Å². The molecule has 3 aromatic rings. The zero-order valence-electron chi connectivity index (χ0n) is 12.9. The molecule has 1 fully saturated rings. The predicted octanol–water partition coefficient (Wildman–Crippen LogP) is 2.74. The first-order valence-electron chi connectivity index (χ1n) is 7.51. The van der Waals surface area contributed by atoms with Gasteiger partial charge in [-0.3, -0.25) is 4.57 Å². The fourth-order valence-corrected chi connectivity index (χ4v) is 4.28. The molecule has 1 saturated heterocycles. The minimum Gasteiger partial charge on any atom is -0.379 e. The summed E-state index contributed by atoms with van der Waals surface area (Å²) in [5.74, 6) is 1.00. The summed E-state index contributed by atoms with van der Waals surface area (Å²) in [4.78, 5) is 12.2. The molecule has 1 aliphatic heterocycles. The number of aromatic nitrogens is 4. The minimum atomic E-state index is -2.38. The molecule has 7 nitrogen and oxygen atoms in total. The van der Waals surface area contributed by atoms with Gasteiger partial charge < -0.3 is 4.74 Å². The average Bonchev–Trinajstić information content (AvgIpc) is 2.91. The van der Waals surface area contributed by atoms with Crippen molar-refractivity contribution in [2.24, 2.45) is 4.36 Å². The molecule has 4 rings (SSSR count). The Balaban J connectivity index is 1.82. The smallest absolute Gasteiger partial charge is 0.224 e. The fraction of sp³-hybridized carbons (Fsp3) is 0.267. The minimum absolute atomic E-state index is 0.0119. The summed E-state index contributed by atoms with van der Waals surface area (Å²) < 4.78 is 37.8. The van der Waals surface area contributed by atoms with Crippen molar-refractivity contribution in [2.75, 3.05) is 24.7 Å². The van der Waals surface area contributed by atoms with Crippen LogP contribution in [0.25, 0.3) is 16.9 Å². The van der Waals surface area contributed by atoms with Crippen LogP contribution in [0.5, 0.6) is 0 Å². The Kier molecular flexibility index (Phi) is 4.14. The monoisotopic (exact) mass is 381 g/mol. The molecule has 0 saturated carbocycles. The number of ether oxygens (including phenoxy) is 1. The van der Waals surface area contributed by atoms with E-state index in [1.165, 1.54) is 17.0 Å². The molecule has 4 heterocycles. The first kappa shape index (κ1) is 16.4. The first-order chi connectivity index (χ1) is 12.0. The first-order valence-corrected chi connectivity index (χ1v) is 9.74. The number of halogens is 2. The van der Waals surface area contributed by atoms with Crippen molar-refractivity contribution in [3.63, 3.8) is 0 Å². The Hall–Kier alpha value is -2.10. The second-order valence-electron chi connectivity index (χ2n) is 5.46. The van der Waals surface area contributed by atoms with Gasteiger partial charge in [-0.05, 0) is 23.7 Å². The van der Waals surface area contributed by atoms with Gasteiger partial charge in [0.05, 0.1) is 39.8 Å². The number of nitrogens with zero attached hydrogens (tertiary/aromatic N) is 5. The highest BCUT2D eigenvalue weighted by molar-refractivity contribution is 7.93. The van der Waals surface area contributed by atoms with Crippen LogP contribution in [0.15, 0.2) is 35.0 Å². The quantitative estimate of drug-likeness (QED) is 0.637. The molecular formula is C15H13ClFN5O2S. The van der Waals surface area contributed by atoms with Crippen molar-refractivity contribution in [3.8, 4) is 5.82 Å². The molecule has 0 N–H and O–H groups in total. The second-order valence-corrected chi connectivity index (χ2v) is 8.34. The van der Waals surface area contributed by atoms with Gasteiger partial charge in [-0.1, -0.05) is 6.07 Å². The highest BCUT2D eigenvalue weighted by Gasteiger charge is 2.16. The van der Waals surface area contributed by atoms with Crippen molar-refractivity contribution in [1.82, 2.24) is 19.5 Å². The van der Waals surface area contributed by atoms with Crippen molar-refractivity contribution in [3.05, 3.63) is 41.7 Å². The van der Waals surface area contributed by atoms with Crippen LogP contribution in [0, 0.1) is 5.82 Å². The van der Waals surface area contributed by atoms with Gasteiger partial charge in [0.2, 0.25) is 5.28 Å². The Labute approximate surface area is 148 Å². The van der Waals surface area contributed by atoms with Gasteiger partial charge in [0.15, 0.2) is 17.3 Å². The van der Waals surface area contributed by atoms with E-state index in [0.29, 0.717) is 42.0 Å². The van der Waals surface area contributed by atoms with Crippen molar-refractivity contribution in [2.45, 2.75) is 0 Å². The van der Waals surface area contributed by atoms with E-state index in [2.05, 4.69) is 19.3 Å². The topological polar surface area (TPSA) is 82.3 Å². The van der Waals surface area contributed by atoms with Crippen LogP contribution in [0.2, 0.25) is 5.28 Å². The maximum atomic E-state index is 14.1. The van der Waals surface area contributed by atoms with E-state index in [4.69, 9.17) is 16.3 Å². The van der Waals surface area contributed by atoms with Gasteiger partial charge in [-0.25, -0.2) is 18.6 Å². The third-order valence-electron chi connectivity index (χ3n) is 3.79. The second kappa shape index (κ2) is 6.32. The predicted molar refractivity (Wildman–Crippen MR) is 92.4 cm³/mol. The van der Waals surface area contributed by atoms with Gasteiger partial charge in [0, 0.05) is 12.4 Å². The van der Waals surface area contributed by atoms with Crippen LogP contribution in [0.4, 0.5) is 10.2 Å². The van der Waals surface area contributed by atoms with E-state index in [0.717, 1.165) is 0 Å². The molecule has 0 atom stereocenters. The average molecular weight is 382 g/mol. The Bertz CT molecular complexity index is 1060. The van der Waals surface area contributed by atoms with Crippen LogP contribution >= 0.6 is 11.6 Å². The number of hydrogen-bond donors (Lipinski definition) is 0. The zero-order chi connectivity index (χ0) is 17.4. The van der Waals surface area contributed by atoms with E-state index < -0.39 is 15.5 Å². The third-order valence-corrected chi connectivity index (χ3v) is 6.10. The van der Waals surface area contributed by atoms with Gasteiger partial charge in [0.25, 0.3) is 0 Å². The summed E-state index contributed by atoms with van der Waals surface area (Å²) in [6.07, 6.45) is 2.58. The third kappa shape index (κ3) is 3.22. The highest BCUT2D eigenvalue weighted by atomic mass is 35.5. The lowest BCUT2D eigenvalue weighted by Gasteiger charge is -2.15. The van der Waals surface area contributed by atoms with Crippen molar-refractivity contribution < 1.29 is 13.3 Å². The molecule has 3 aromatic heterocycles. The number of fused-ring (bicyclic) bond motifs is 1. The number of pyridine rings is 1. The number of hydrogen-bond acceptors (Lipinski definition) is 6. The molecule has 0 spiro atoms. The van der Waals surface area contributed by atoms with Gasteiger partial charge in [0.1, 0.15) is 5.82 Å². The summed E-state index contributed by atoms with van der Waals surface area (Å²) in [5.41, 5.74) is 0.303. The molecule has 130 valence electrons. The van der Waals surface area contributed by atoms with Crippen molar-refractivity contribution >= 4 is 38.2 Å². The largest absolute Gasteiger partial charge is 0.379 e. The maximum absolute atomic E-state index is 14.1. The lowest BCUT2D eigenvalue weighted by Crippen LogP contribution is -2.25. The van der Waals surface area contributed by atoms with Crippen LogP contribution in [0.1, 0.15) is 0 Å². The maximum Gasteiger partial charge on any atom is 0.224 e. The molecule has 0 aromatic carbocycles. The zero-order valence-corrected chi connectivity index (χ0v) is 14.5. The van der Waals surface area contributed by atoms with Crippen LogP contribution in [0.3, 0.4) is 0 Å². The number of rotatable bonds is 2. The molecule has 0 bridgehead atoms. The summed E-state index contributed by atoms with van der Waals surface area (Å²) in [5, 5.41) is 0.252. The standard InChI is InChI=1S/C15H13ClFN5O2S/c16-15-18-8-10-11(17)9-22(14(10)20-15)13-3-1-2-12(19-13)21-25(23)6-4-24-5-7-25/h1-3,8-9H,4-7H2. The Morgan fingerprint density at radius 3 is 2.88 bits per heavy atom. The molecule has 25 heavy (non-hydrogen) atoms. The summed E-state index contributed by atoms with van der Waals surface area (Å²) in [7, 11) is -2.38. The fourth-order valence-electron chi connectivity index (χ4n) is 2.56. The molecule has 0 unspecified atom stereocenters. The van der Waals surface area contributed by atoms with E-state index in [1.54, 1.807) is 18.2 Å². The molecular weight excluding hydrogens is 369 g/mol. The van der Waals surface area contributed by atoms with E-state index in [1.807, 2.05) is 0 Å². The van der Waals surface area contributed by atoms with Gasteiger partial charge in [-0.2, -0.15) is 9.35 Å². The molecule has 10 heteroatoms. The molecule has 1 aliphatic rings. The van der Waals surface area contributed by atoms with Crippen LogP contribution in [-0.4, -0.2) is 48.4 Å². The lowest BCUT2D eigenvalue weighted by molar-refractivity contribution is 0.158. The molecule has 0 amide bonds. The Morgan fingerprint density at radius 2 is 2.08 bits per heavy atom. The van der Waals surface area contributed by atoms with Crippen molar-refractivity contribution in [1.29, 1.82) is 0 Å². The lowest BCUT2D eigenvalue weighted by atomic mass is 10.4. The van der Waals surface area contributed by atoms with Gasteiger partial charge >= 0.3 is 0 Å². The summed E-state index contributed by atoms with van der Waals surface area (Å²) >= 11 is 5.82. The van der Waals surface area contributed by atoms with E-state index in [-0.39, 0.29) is 10.7 Å². The van der Waals surface area contributed by atoms with Crippen LogP contribution < -0.4 is 0 Å². The van der Waals surface area contributed by atoms with E-state index >= 15 is 0 Å². The normalized spacial score (nSPS) is 16.9. The van der Waals surface area contributed by atoms with Gasteiger partial charge in [-0.15, -0.1) is 0 Å². The SMILES string of the molecule is O=S1(=Nc2cccc(-n3cc(F)c4cnc(Cl)nc43)n2)CCOCC1. The summed E-state index contributed by atoms with van der Waals surface area (Å²) in [6, 6.07) is 5.07.